The molecule has 108 valence electrons. The van der Waals surface area contributed by atoms with E-state index >= 15 is 0 Å². The molecule has 1 aliphatic heterocycles. The number of benzene rings is 1. The van der Waals surface area contributed by atoms with E-state index in [0.29, 0.717) is 18.0 Å². The summed E-state index contributed by atoms with van der Waals surface area (Å²) in [5.41, 5.74) is 2.29. The number of hydrogen-bond donors (Lipinski definition) is 0. The smallest absolute Gasteiger partial charge is 0.125 e. The van der Waals surface area contributed by atoms with E-state index in [0.717, 1.165) is 24.3 Å². The Bertz CT molecular complexity index is 625. The van der Waals surface area contributed by atoms with Crippen LogP contribution in [0.2, 0.25) is 0 Å². The van der Waals surface area contributed by atoms with Crippen LogP contribution in [0.4, 0.5) is 0 Å². The molecule has 1 aromatic carbocycles. The van der Waals surface area contributed by atoms with Gasteiger partial charge in [-0.05, 0) is 67.6 Å². The van der Waals surface area contributed by atoms with E-state index in [1.165, 1.54) is 15.5 Å². The summed E-state index contributed by atoms with van der Waals surface area (Å²) in [7, 11) is 2.21. The first-order valence-electron chi connectivity index (χ1n) is 7.02. The maximum Gasteiger partial charge on any atom is 0.125 e. The lowest BCUT2D eigenvalue weighted by Gasteiger charge is -2.36. The van der Waals surface area contributed by atoms with Crippen LogP contribution in [0.1, 0.15) is 31.6 Å². The zero-order valence-corrected chi connectivity index (χ0v) is 14.7. The van der Waals surface area contributed by atoms with Crippen LogP contribution in [0.5, 0.6) is 0 Å². The van der Waals surface area contributed by atoms with E-state index in [2.05, 4.69) is 64.2 Å². The molecule has 20 heavy (non-hydrogen) atoms. The van der Waals surface area contributed by atoms with Crippen molar-refractivity contribution in [2.45, 2.75) is 37.7 Å². The van der Waals surface area contributed by atoms with Crippen LogP contribution in [-0.2, 0) is 5.88 Å². The molecule has 3 rings (SSSR count). The third-order valence-electron chi connectivity index (χ3n) is 4.39. The number of piperidine rings is 1. The van der Waals surface area contributed by atoms with Gasteiger partial charge in [0.1, 0.15) is 5.82 Å². The molecule has 1 saturated heterocycles. The molecule has 0 aliphatic carbocycles. The van der Waals surface area contributed by atoms with Crippen LogP contribution in [0.15, 0.2) is 18.2 Å². The second-order valence-corrected chi connectivity index (χ2v) is 7.19. The van der Waals surface area contributed by atoms with Gasteiger partial charge in [-0.25, -0.2) is 4.98 Å². The van der Waals surface area contributed by atoms with Crippen molar-refractivity contribution in [1.29, 1.82) is 0 Å². The van der Waals surface area contributed by atoms with E-state index < -0.39 is 0 Å². The highest BCUT2D eigenvalue weighted by molar-refractivity contribution is 14.1. The first-order chi connectivity index (χ1) is 9.60. The fraction of sp³-hybridized carbons (Fsp3) is 0.533. The normalized spacial score (nSPS) is 24.4. The molecule has 2 aromatic rings. The van der Waals surface area contributed by atoms with Crippen LogP contribution < -0.4 is 0 Å². The van der Waals surface area contributed by atoms with Gasteiger partial charge >= 0.3 is 0 Å². The summed E-state index contributed by atoms with van der Waals surface area (Å²) in [6.07, 6.45) is 2.33. The largest absolute Gasteiger partial charge is 0.324 e. The minimum atomic E-state index is 0.478. The van der Waals surface area contributed by atoms with Crippen LogP contribution in [-0.4, -0.2) is 34.1 Å². The van der Waals surface area contributed by atoms with Gasteiger partial charge in [0.2, 0.25) is 0 Å². The van der Waals surface area contributed by atoms with Crippen LogP contribution >= 0.6 is 34.2 Å². The number of likely N-dealkylation sites (tertiary alicyclic amines) is 1. The van der Waals surface area contributed by atoms with Crippen molar-refractivity contribution in [1.82, 2.24) is 14.5 Å². The maximum atomic E-state index is 6.13. The minimum absolute atomic E-state index is 0.478. The van der Waals surface area contributed by atoms with Gasteiger partial charge in [-0.3, -0.25) is 0 Å². The minimum Gasteiger partial charge on any atom is -0.324 e. The molecule has 0 N–H and O–H groups in total. The Labute approximate surface area is 138 Å². The van der Waals surface area contributed by atoms with Gasteiger partial charge in [0.25, 0.3) is 0 Å². The number of hydrogen-bond acceptors (Lipinski definition) is 2. The Hall–Kier alpha value is -0.330. The van der Waals surface area contributed by atoms with Gasteiger partial charge in [0.15, 0.2) is 0 Å². The molecule has 0 spiro atoms. The van der Waals surface area contributed by atoms with Gasteiger partial charge in [0.05, 0.1) is 16.9 Å². The summed E-state index contributed by atoms with van der Waals surface area (Å²) in [6, 6.07) is 7.60. The molecule has 1 aromatic heterocycles. The fourth-order valence-corrected chi connectivity index (χ4v) is 3.79. The average molecular weight is 404 g/mol. The first kappa shape index (κ1) is 14.6. The summed E-state index contributed by atoms with van der Waals surface area (Å²) < 4.78 is 3.60. The summed E-state index contributed by atoms with van der Waals surface area (Å²) in [6.45, 7) is 3.44. The Balaban J connectivity index is 2.05. The molecule has 5 heteroatoms. The Morgan fingerprint density at radius 2 is 2.25 bits per heavy atom. The standard InChI is InChI=1S/C15H19ClIN3/c1-10-7-12(5-6-19(10)2)20-14-4-3-11(17)8-13(14)18-15(20)9-16/h3-4,8,10,12H,5-7,9H2,1-2H3. The van der Waals surface area contributed by atoms with Crippen LogP contribution in [0.3, 0.4) is 0 Å². The molecule has 2 unspecified atom stereocenters. The van der Waals surface area contributed by atoms with Crippen LogP contribution in [0.25, 0.3) is 11.0 Å². The zero-order valence-electron chi connectivity index (χ0n) is 11.8. The van der Waals surface area contributed by atoms with Gasteiger partial charge in [0, 0.05) is 22.2 Å². The van der Waals surface area contributed by atoms with Crippen molar-refractivity contribution < 1.29 is 0 Å². The van der Waals surface area contributed by atoms with Crippen molar-refractivity contribution >= 4 is 45.2 Å². The molecular formula is C15H19ClIN3. The molecule has 1 fully saturated rings. The zero-order chi connectivity index (χ0) is 14.3. The maximum absolute atomic E-state index is 6.13. The van der Waals surface area contributed by atoms with Gasteiger partial charge in [-0.2, -0.15) is 0 Å². The highest BCUT2D eigenvalue weighted by atomic mass is 127. The fourth-order valence-electron chi connectivity index (χ4n) is 3.12. The van der Waals surface area contributed by atoms with E-state index in [4.69, 9.17) is 16.6 Å². The Kier molecular flexibility index (Phi) is 4.24. The molecule has 0 amide bonds. The number of halogens is 2. The second-order valence-electron chi connectivity index (χ2n) is 5.67. The van der Waals surface area contributed by atoms with Crippen LogP contribution in [0, 0.1) is 3.57 Å². The molecule has 0 bridgehead atoms. The molecule has 3 nitrogen and oxygen atoms in total. The topological polar surface area (TPSA) is 21.1 Å². The molecule has 2 heterocycles. The lowest BCUT2D eigenvalue weighted by molar-refractivity contribution is 0.157. The summed E-state index contributed by atoms with van der Waals surface area (Å²) >= 11 is 8.46. The molecular weight excluding hydrogens is 385 g/mol. The summed E-state index contributed by atoms with van der Waals surface area (Å²) in [5.74, 6) is 1.48. The van der Waals surface area contributed by atoms with Gasteiger partial charge in [-0.15, -0.1) is 11.6 Å². The van der Waals surface area contributed by atoms with Gasteiger partial charge in [-0.1, -0.05) is 0 Å². The summed E-state index contributed by atoms with van der Waals surface area (Å²) in [4.78, 5) is 7.15. The molecule has 1 aliphatic rings. The molecule has 0 saturated carbocycles. The average Bonchev–Trinajstić information content (AvgIpc) is 2.79. The van der Waals surface area contributed by atoms with Crippen molar-refractivity contribution in [3.8, 4) is 0 Å². The third kappa shape index (κ3) is 2.57. The lowest BCUT2D eigenvalue weighted by Crippen LogP contribution is -2.38. The number of imidazole rings is 1. The monoisotopic (exact) mass is 403 g/mol. The predicted octanol–water partition coefficient (Wildman–Crippen LogP) is 4.03. The predicted molar refractivity (Wildman–Crippen MR) is 92.4 cm³/mol. The van der Waals surface area contributed by atoms with Crippen molar-refractivity contribution in [2.24, 2.45) is 0 Å². The number of nitrogens with zero attached hydrogens (tertiary/aromatic N) is 3. The molecule has 0 radical (unpaired) electrons. The van der Waals surface area contributed by atoms with E-state index in [1.807, 2.05) is 0 Å². The highest BCUT2D eigenvalue weighted by Crippen LogP contribution is 2.32. The lowest BCUT2D eigenvalue weighted by atomic mass is 9.98. The number of alkyl halides is 1. The quantitative estimate of drug-likeness (QED) is 0.557. The molecule has 2 atom stereocenters. The van der Waals surface area contributed by atoms with Gasteiger partial charge < -0.3 is 9.47 Å². The van der Waals surface area contributed by atoms with E-state index in [-0.39, 0.29) is 0 Å². The highest BCUT2D eigenvalue weighted by Gasteiger charge is 2.26. The third-order valence-corrected chi connectivity index (χ3v) is 5.30. The van der Waals surface area contributed by atoms with Crippen molar-refractivity contribution in [2.75, 3.05) is 13.6 Å². The number of rotatable bonds is 2. The van der Waals surface area contributed by atoms with E-state index in [9.17, 15) is 0 Å². The van der Waals surface area contributed by atoms with Crippen molar-refractivity contribution in [3.05, 3.63) is 27.6 Å². The summed E-state index contributed by atoms with van der Waals surface area (Å²) in [5, 5.41) is 0. The SMILES string of the molecule is CC1CC(n2c(CCl)nc3cc(I)ccc32)CCN1C. The van der Waals surface area contributed by atoms with E-state index in [1.54, 1.807) is 0 Å². The Morgan fingerprint density at radius 1 is 1.45 bits per heavy atom. The number of aromatic nitrogens is 2. The first-order valence-corrected chi connectivity index (χ1v) is 8.64. The second kappa shape index (κ2) is 5.81. The Morgan fingerprint density at radius 3 is 2.95 bits per heavy atom. The van der Waals surface area contributed by atoms with Crippen molar-refractivity contribution in [3.63, 3.8) is 0 Å². The number of fused-ring (bicyclic) bond motifs is 1.